The first-order valence-corrected chi connectivity index (χ1v) is 6.85. The highest BCUT2D eigenvalue weighted by Crippen LogP contribution is 2.31. The maximum atomic E-state index is 12.8. The van der Waals surface area contributed by atoms with Crippen molar-refractivity contribution in [2.75, 3.05) is 20.6 Å². The van der Waals surface area contributed by atoms with Crippen LogP contribution in [-0.4, -0.2) is 31.5 Å². The van der Waals surface area contributed by atoms with E-state index in [4.69, 9.17) is 0 Å². The molecular formula is C15H23FIN3. The van der Waals surface area contributed by atoms with Gasteiger partial charge >= 0.3 is 0 Å². The number of nitrogens with one attached hydrogen (secondary N) is 1. The van der Waals surface area contributed by atoms with Crippen molar-refractivity contribution in [2.45, 2.75) is 25.8 Å². The lowest BCUT2D eigenvalue weighted by Gasteiger charge is -2.22. The zero-order chi connectivity index (χ0) is 13.7. The topological polar surface area (TPSA) is 27.6 Å². The largest absolute Gasteiger partial charge is 0.356 e. The molecule has 112 valence electrons. The number of guanidine groups is 1. The maximum Gasteiger partial charge on any atom is 0.193 e. The molecular weight excluding hydrogens is 368 g/mol. The van der Waals surface area contributed by atoms with Gasteiger partial charge in [-0.3, -0.25) is 4.99 Å². The van der Waals surface area contributed by atoms with E-state index in [1.165, 1.54) is 31.4 Å². The number of benzene rings is 1. The summed E-state index contributed by atoms with van der Waals surface area (Å²) < 4.78 is 12.8. The number of hydrogen-bond donors (Lipinski definition) is 1. The minimum Gasteiger partial charge on any atom is -0.356 e. The molecule has 5 heteroatoms. The highest BCUT2D eigenvalue weighted by molar-refractivity contribution is 14.0. The Labute approximate surface area is 137 Å². The van der Waals surface area contributed by atoms with Crippen LogP contribution in [0.4, 0.5) is 4.39 Å². The standard InChI is InChI=1S/C15H22FN3.HI/c1-17-15(18-10-9-12-3-4-12)19(2)11-13-5-7-14(16)8-6-13;/h5-8,12H,3-4,9-11H2,1-2H3,(H,17,18);1H. The molecule has 0 bridgehead atoms. The quantitative estimate of drug-likeness (QED) is 0.474. The van der Waals surface area contributed by atoms with Crippen LogP contribution < -0.4 is 5.32 Å². The predicted molar refractivity (Wildman–Crippen MR) is 92.0 cm³/mol. The van der Waals surface area contributed by atoms with Crippen molar-refractivity contribution in [3.05, 3.63) is 35.6 Å². The summed E-state index contributed by atoms with van der Waals surface area (Å²) >= 11 is 0. The molecule has 0 aliphatic heterocycles. The molecule has 1 aliphatic carbocycles. The Balaban J connectivity index is 0.00000200. The van der Waals surface area contributed by atoms with Crippen LogP contribution in [0.2, 0.25) is 0 Å². The molecule has 0 amide bonds. The van der Waals surface area contributed by atoms with E-state index in [1.54, 1.807) is 7.05 Å². The molecule has 0 saturated heterocycles. The van der Waals surface area contributed by atoms with Crippen molar-refractivity contribution in [2.24, 2.45) is 10.9 Å². The van der Waals surface area contributed by atoms with Gasteiger partial charge in [0.15, 0.2) is 5.96 Å². The second kappa shape index (κ2) is 8.44. The summed E-state index contributed by atoms with van der Waals surface area (Å²) in [5, 5.41) is 3.37. The third-order valence-corrected chi connectivity index (χ3v) is 3.44. The second-order valence-corrected chi connectivity index (χ2v) is 5.19. The summed E-state index contributed by atoms with van der Waals surface area (Å²) in [5.74, 6) is 1.62. The lowest BCUT2D eigenvalue weighted by Crippen LogP contribution is -2.39. The van der Waals surface area contributed by atoms with Crippen molar-refractivity contribution >= 4 is 29.9 Å². The average Bonchev–Trinajstić information content (AvgIpc) is 3.21. The molecule has 1 saturated carbocycles. The van der Waals surface area contributed by atoms with E-state index in [2.05, 4.69) is 15.2 Å². The molecule has 1 aromatic rings. The van der Waals surface area contributed by atoms with E-state index in [0.717, 1.165) is 30.5 Å². The van der Waals surface area contributed by atoms with E-state index in [-0.39, 0.29) is 29.8 Å². The number of aliphatic imine (C=N–C) groups is 1. The van der Waals surface area contributed by atoms with Gasteiger partial charge in [0.05, 0.1) is 0 Å². The molecule has 0 atom stereocenters. The summed E-state index contributed by atoms with van der Waals surface area (Å²) in [5.41, 5.74) is 1.08. The third-order valence-electron chi connectivity index (χ3n) is 3.44. The van der Waals surface area contributed by atoms with Gasteiger partial charge in [-0.25, -0.2) is 4.39 Å². The summed E-state index contributed by atoms with van der Waals surface area (Å²) in [6, 6.07) is 6.60. The van der Waals surface area contributed by atoms with Gasteiger partial charge in [0.25, 0.3) is 0 Å². The van der Waals surface area contributed by atoms with Crippen molar-refractivity contribution in [1.82, 2.24) is 10.2 Å². The molecule has 2 rings (SSSR count). The Morgan fingerprint density at radius 3 is 2.55 bits per heavy atom. The van der Waals surface area contributed by atoms with E-state index < -0.39 is 0 Å². The van der Waals surface area contributed by atoms with Gasteiger partial charge in [0.1, 0.15) is 5.82 Å². The van der Waals surface area contributed by atoms with Crippen LogP contribution in [0.25, 0.3) is 0 Å². The van der Waals surface area contributed by atoms with Gasteiger partial charge in [-0.2, -0.15) is 0 Å². The van der Waals surface area contributed by atoms with Crippen LogP contribution in [0.5, 0.6) is 0 Å². The molecule has 0 radical (unpaired) electrons. The fourth-order valence-electron chi connectivity index (χ4n) is 2.12. The van der Waals surface area contributed by atoms with Crippen LogP contribution in [0.15, 0.2) is 29.3 Å². The first-order chi connectivity index (χ1) is 9.19. The lowest BCUT2D eigenvalue weighted by atomic mass is 10.2. The van der Waals surface area contributed by atoms with Crippen molar-refractivity contribution in [1.29, 1.82) is 0 Å². The summed E-state index contributed by atoms with van der Waals surface area (Å²) in [4.78, 5) is 6.33. The molecule has 20 heavy (non-hydrogen) atoms. The monoisotopic (exact) mass is 391 g/mol. The van der Waals surface area contributed by atoms with Crippen LogP contribution >= 0.6 is 24.0 Å². The smallest absolute Gasteiger partial charge is 0.193 e. The van der Waals surface area contributed by atoms with Gasteiger partial charge in [0, 0.05) is 27.2 Å². The normalized spacial score (nSPS) is 14.7. The number of halogens is 2. The van der Waals surface area contributed by atoms with Crippen LogP contribution in [-0.2, 0) is 6.54 Å². The lowest BCUT2D eigenvalue weighted by molar-refractivity contribution is 0.473. The Kier molecular flexibility index (Phi) is 7.26. The number of rotatable bonds is 5. The SMILES string of the molecule is CN=C(NCCC1CC1)N(C)Cc1ccc(F)cc1.I. The Hall–Kier alpha value is -0.850. The van der Waals surface area contributed by atoms with E-state index in [0.29, 0.717) is 0 Å². The van der Waals surface area contributed by atoms with E-state index >= 15 is 0 Å². The number of hydrogen-bond acceptors (Lipinski definition) is 1. The minimum absolute atomic E-state index is 0. The molecule has 0 spiro atoms. The first kappa shape index (κ1) is 17.2. The van der Waals surface area contributed by atoms with Crippen LogP contribution in [0.1, 0.15) is 24.8 Å². The zero-order valence-corrected chi connectivity index (χ0v) is 14.4. The molecule has 0 heterocycles. The molecule has 1 aliphatic rings. The summed E-state index contributed by atoms with van der Waals surface area (Å²) in [7, 11) is 3.79. The predicted octanol–water partition coefficient (Wildman–Crippen LogP) is 3.25. The summed E-state index contributed by atoms with van der Waals surface area (Å²) in [6.45, 7) is 1.70. The highest BCUT2D eigenvalue weighted by Gasteiger charge is 2.20. The fourth-order valence-corrected chi connectivity index (χ4v) is 2.12. The second-order valence-electron chi connectivity index (χ2n) is 5.19. The molecule has 0 unspecified atom stereocenters. The van der Waals surface area contributed by atoms with E-state index in [9.17, 15) is 4.39 Å². The van der Waals surface area contributed by atoms with Gasteiger partial charge in [-0.15, -0.1) is 24.0 Å². The van der Waals surface area contributed by atoms with E-state index in [1.807, 2.05) is 19.2 Å². The Morgan fingerprint density at radius 1 is 1.35 bits per heavy atom. The van der Waals surface area contributed by atoms with Crippen molar-refractivity contribution in [3.63, 3.8) is 0 Å². The number of nitrogens with zero attached hydrogens (tertiary/aromatic N) is 2. The van der Waals surface area contributed by atoms with Gasteiger partial charge in [-0.1, -0.05) is 25.0 Å². The first-order valence-electron chi connectivity index (χ1n) is 6.85. The third kappa shape index (κ3) is 5.64. The summed E-state index contributed by atoms with van der Waals surface area (Å²) in [6.07, 6.45) is 3.99. The zero-order valence-electron chi connectivity index (χ0n) is 12.1. The van der Waals surface area contributed by atoms with Crippen LogP contribution in [0, 0.1) is 11.7 Å². The van der Waals surface area contributed by atoms with Gasteiger partial charge in [0.2, 0.25) is 0 Å². The van der Waals surface area contributed by atoms with Crippen molar-refractivity contribution in [3.8, 4) is 0 Å². The van der Waals surface area contributed by atoms with Gasteiger partial charge < -0.3 is 10.2 Å². The molecule has 0 aromatic heterocycles. The molecule has 1 N–H and O–H groups in total. The van der Waals surface area contributed by atoms with Crippen molar-refractivity contribution < 1.29 is 4.39 Å². The average molecular weight is 391 g/mol. The molecule has 1 fully saturated rings. The fraction of sp³-hybridized carbons (Fsp3) is 0.533. The molecule has 3 nitrogen and oxygen atoms in total. The maximum absolute atomic E-state index is 12.8. The van der Waals surface area contributed by atoms with Crippen LogP contribution in [0.3, 0.4) is 0 Å². The Morgan fingerprint density at radius 2 is 2.00 bits per heavy atom. The minimum atomic E-state index is -0.196. The Bertz CT molecular complexity index is 429. The molecule has 1 aromatic carbocycles. The highest BCUT2D eigenvalue weighted by atomic mass is 127. The van der Waals surface area contributed by atoms with Gasteiger partial charge in [-0.05, 0) is 30.0 Å².